The van der Waals surface area contributed by atoms with E-state index in [1.807, 2.05) is 0 Å². The molecule has 3 nitrogen and oxygen atoms in total. The van der Waals surface area contributed by atoms with Crippen LogP contribution in [0, 0.1) is 13.8 Å². The second-order valence-electron chi connectivity index (χ2n) is 8.99. The molecule has 7 heteroatoms. The summed E-state index contributed by atoms with van der Waals surface area (Å²) in [6.45, 7) is 19.6. The van der Waals surface area contributed by atoms with Crippen molar-refractivity contribution in [2.75, 3.05) is 0 Å². The number of aryl methyl sites for hydroxylation is 2. The van der Waals surface area contributed by atoms with E-state index in [0.717, 1.165) is 22.7 Å². The molecule has 30 heavy (non-hydrogen) atoms. The van der Waals surface area contributed by atoms with E-state index in [0.29, 0.717) is 24.7 Å². The topological polar surface area (TPSA) is 34.0 Å². The van der Waals surface area contributed by atoms with Gasteiger partial charge in [-0.1, -0.05) is 52.0 Å². The van der Waals surface area contributed by atoms with Crippen LogP contribution in [-0.4, -0.2) is 8.32 Å². The Morgan fingerprint density at radius 3 is 1.83 bits per heavy atom. The van der Waals surface area contributed by atoms with Gasteiger partial charge in [0.25, 0.3) is 0 Å². The molecule has 0 aliphatic rings. The third-order valence-electron chi connectivity index (χ3n) is 4.41. The predicted octanol–water partition coefficient (Wildman–Crippen LogP) is 9.56. The summed E-state index contributed by atoms with van der Waals surface area (Å²) in [5.74, 6) is 1.67. The van der Waals surface area contributed by atoms with Crippen LogP contribution in [-0.2, 0) is 12.9 Å². The maximum absolute atomic E-state index is 6.35. The molecule has 0 radical (unpaired) electrons. The van der Waals surface area contributed by atoms with E-state index in [9.17, 15) is 0 Å². The third kappa shape index (κ3) is 8.35. The quantitative estimate of drug-likeness (QED) is 0.280. The molecule has 0 heterocycles. The molecule has 2 aromatic carbocycles. The third-order valence-corrected chi connectivity index (χ3v) is 5.22. The van der Waals surface area contributed by atoms with Crippen LogP contribution >= 0.6 is 20.3 Å². The van der Waals surface area contributed by atoms with Gasteiger partial charge < -0.3 is 4.43 Å². The molecule has 0 spiro atoms. The number of azo groups is 1. The summed E-state index contributed by atoms with van der Waals surface area (Å²) in [6, 6.07) is 10.7. The van der Waals surface area contributed by atoms with E-state index >= 15 is 0 Å². The SMILES string of the molecule is Cc1cc(C)c(O[Si](C)(C)C)c(N=Nc2c(C(C)C)cccc2C(C)C)c1.[Cl][Co][Cl]. The van der Waals surface area contributed by atoms with Crippen LogP contribution < -0.4 is 4.43 Å². The Morgan fingerprint density at radius 2 is 1.40 bits per heavy atom. The van der Waals surface area contributed by atoms with Crippen LogP contribution in [0.1, 0.15) is 61.8 Å². The molecule has 0 amide bonds. The van der Waals surface area contributed by atoms with Crippen LogP contribution in [0.15, 0.2) is 40.6 Å². The number of hydrogen-bond acceptors (Lipinski definition) is 3. The second-order valence-corrected chi connectivity index (χ2v) is 15.1. The molecule has 0 aromatic heterocycles. The van der Waals surface area contributed by atoms with Gasteiger partial charge in [0.05, 0.1) is 5.69 Å². The fraction of sp³-hybridized carbons (Fsp3) is 0.478. The van der Waals surface area contributed by atoms with Crippen LogP contribution in [0.2, 0.25) is 19.6 Å². The Labute approximate surface area is 198 Å². The van der Waals surface area contributed by atoms with Crippen molar-refractivity contribution in [1.29, 1.82) is 0 Å². The van der Waals surface area contributed by atoms with E-state index in [1.54, 1.807) is 0 Å². The summed E-state index contributed by atoms with van der Waals surface area (Å²) in [7, 11) is 7.72. The first-order valence-corrected chi connectivity index (χ1v) is 16.4. The number of nitrogens with zero attached hydrogens (tertiary/aromatic N) is 2. The average Bonchev–Trinajstić information content (AvgIpc) is 2.61. The second kappa shape index (κ2) is 12.2. The predicted molar refractivity (Wildman–Crippen MR) is 130 cm³/mol. The fourth-order valence-electron chi connectivity index (χ4n) is 3.18. The Balaban J connectivity index is 0.00000141. The molecule has 0 bridgehead atoms. The monoisotopic (exact) mass is 511 g/mol. The molecule has 0 aliphatic heterocycles. The minimum atomic E-state index is -1.75. The normalized spacial score (nSPS) is 11.9. The summed E-state index contributed by atoms with van der Waals surface area (Å²) in [5.41, 5.74) is 6.59. The summed E-state index contributed by atoms with van der Waals surface area (Å²) in [6.07, 6.45) is 0. The van der Waals surface area contributed by atoms with Crippen molar-refractivity contribution in [3.05, 3.63) is 52.6 Å². The van der Waals surface area contributed by atoms with E-state index in [1.165, 1.54) is 16.7 Å². The summed E-state index contributed by atoms with van der Waals surface area (Å²) in [5, 5.41) is 9.44. The van der Waals surface area contributed by atoms with Gasteiger partial charge in [-0.25, -0.2) is 0 Å². The average molecular weight is 512 g/mol. The number of benzene rings is 2. The van der Waals surface area contributed by atoms with Crippen LogP contribution in [0.5, 0.6) is 5.75 Å². The van der Waals surface area contributed by atoms with E-state index in [4.69, 9.17) is 34.9 Å². The van der Waals surface area contributed by atoms with E-state index < -0.39 is 8.32 Å². The molecule has 0 fully saturated rings. The minimum absolute atomic E-state index is 0.382. The standard InChI is InChI=1S/C23H34N2OSi.2ClH.Co/c1-15(2)19-11-10-12-20(16(3)4)22(19)25-24-21-14-17(5)13-18(6)23(21)26-27(7,8)9;;;/h10-16H,1-9H3;2*1H;/q;;;+2/p-2. The summed E-state index contributed by atoms with van der Waals surface area (Å²) >= 11 is 0.382. The van der Waals surface area contributed by atoms with Gasteiger partial charge in [0.15, 0.2) is 0 Å². The number of halogens is 2. The first kappa shape index (κ1) is 27.2. The molecule has 0 unspecified atom stereocenters. The van der Waals surface area contributed by atoms with Crippen molar-refractivity contribution < 1.29 is 17.3 Å². The first-order valence-electron chi connectivity index (χ1n) is 10.1. The van der Waals surface area contributed by atoms with Gasteiger partial charge in [0.1, 0.15) is 11.4 Å². The van der Waals surface area contributed by atoms with Gasteiger partial charge in [-0.2, -0.15) is 0 Å². The van der Waals surface area contributed by atoms with E-state index in [-0.39, 0.29) is 0 Å². The zero-order valence-electron chi connectivity index (χ0n) is 19.4. The zero-order valence-corrected chi connectivity index (χ0v) is 23.0. The number of hydrogen-bond donors (Lipinski definition) is 0. The molecular formula is C23H34Cl2CoN2OSi. The van der Waals surface area contributed by atoms with Crippen molar-refractivity contribution in [3.63, 3.8) is 0 Å². The summed E-state index contributed by atoms with van der Waals surface area (Å²) in [4.78, 5) is 0. The van der Waals surface area contributed by atoms with Gasteiger partial charge in [-0.3, -0.25) is 0 Å². The molecular weight excluding hydrogens is 478 g/mol. The molecule has 0 saturated heterocycles. The number of rotatable bonds is 6. The van der Waals surface area contributed by atoms with Gasteiger partial charge in [0, 0.05) is 0 Å². The Kier molecular flexibility index (Phi) is 11.1. The van der Waals surface area contributed by atoms with Gasteiger partial charge in [0.2, 0.25) is 8.32 Å². The first-order chi connectivity index (χ1) is 13.9. The Hall–Kier alpha value is -0.857. The summed E-state index contributed by atoms with van der Waals surface area (Å²) < 4.78 is 6.35. The zero-order chi connectivity index (χ0) is 23.1. The van der Waals surface area contributed by atoms with Gasteiger partial charge in [-0.05, 0) is 73.6 Å². The van der Waals surface area contributed by atoms with E-state index in [2.05, 4.69) is 91.5 Å². The molecule has 0 N–H and O–H groups in total. The molecule has 0 saturated carbocycles. The van der Waals surface area contributed by atoms with Crippen LogP contribution in [0.3, 0.4) is 0 Å². The molecule has 2 aromatic rings. The molecule has 2 rings (SSSR count). The molecule has 169 valence electrons. The van der Waals surface area contributed by atoms with Crippen molar-refractivity contribution in [2.45, 2.75) is 73.0 Å². The Bertz CT molecular complexity index is 839. The molecule has 0 aliphatic carbocycles. The maximum atomic E-state index is 6.35. The van der Waals surface area contributed by atoms with Gasteiger partial charge in [-0.15, -0.1) is 10.2 Å². The van der Waals surface area contributed by atoms with Crippen molar-refractivity contribution >= 4 is 40.0 Å². The molecule has 0 atom stereocenters. The Morgan fingerprint density at radius 1 is 0.900 bits per heavy atom. The van der Waals surface area contributed by atoms with Crippen molar-refractivity contribution in [3.8, 4) is 5.75 Å². The van der Waals surface area contributed by atoms with Gasteiger partial charge >= 0.3 is 33.2 Å². The van der Waals surface area contributed by atoms with Crippen molar-refractivity contribution in [2.24, 2.45) is 10.2 Å². The van der Waals surface area contributed by atoms with Crippen molar-refractivity contribution in [1.82, 2.24) is 0 Å². The van der Waals surface area contributed by atoms with Crippen LogP contribution in [0.4, 0.5) is 11.4 Å². The fourth-order valence-corrected chi connectivity index (χ4v) is 4.05. The van der Waals surface area contributed by atoms with Crippen LogP contribution in [0.25, 0.3) is 0 Å².